The molecule has 0 spiro atoms. The van der Waals surface area contributed by atoms with Gasteiger partial charge in [0, 0.05) is 38.8 Å². The number of halogens is 3. The second-order valence-corrected chi connectivity index (χ2v) is 10.5. The first-order chi connectivity index (χ1) is 15.3. The third-order valence-corrected chi connectivity index (χ3v) is 7.91. The zero-order valence-electron chi connectivity index (χ0n) is 19.0. The van der Waals surface area contributed by atoms with E-state index in [1.165, 1.54) is 16.4 Å². The van der Waals surface area contributed by atoms with Crippen molar-refractivity contribution in [3.63, 3.8) is 0 Å². The number of anilines is 2. The zero-order valence-corrected chi connectivity index (χ0v) is 19.8. The molecule has 3 rings (SSSR count). The molecule has 1 amide bonds. The third kappa shape index (κ3) is 5.50. The fourth-order valence-electron chi connectivity index (χ4n) is 3.97. The Hall–Kier alpha value is -2.59. The van der Waals surface area contributed by atoms with E-state index in [4.69, 9.17) is 0 Å². The molecule has 33 heavy (non-hydrogen) atoms. The van der Waals surface area contributed by atoms with Crippen molar-refractivity contribution in [2.24, 2.45) is 5.92 Å². The van der Waals surface area contributed by atoms with Crippen molar-refractivity contribution < 1.29 is 26.4 Å². The number of piperidine rings is 1. The van der Waals surface area contributed by atoms with E-state index in [1.54, 1.807) is 44.1 Å². The standard InChI is InChI=1S/C23H28F3N3O3S/c1-15-5-8-21(16(2)13-15)33(31,32)29-11-9-17(10-12-29)22(30)27-20-7-6-18(28(3)4)14-19(20)23(24,25)26/h5-8,13-14,17H,9-12H2,1-4H3,(H,27,30). The van der Waals surface area contributed by atoms with Crippen LogP contribution in [0.2, 0.25) is 0 Å². The van der Waals surface area contributed by atoms with Gasteiger partial charge < -0.3 is 10.2 Å². The van der Waals surface area contributed by atoms with Gasteiger partial charge in [0.1, 0.15) is 0 Å². The SMILES string of the molecule is Cc1ccc(S(=O)(=O)N2CCC(C(=O)Nc3ccc(N(C)C)cc3C(F)(F)F)CC2)c(C)c1. The fraction of sp³-hybridized carbons (Fsp3) is 0.435. The number of carbonyl (C=O) groups is 1. The third-order valence-electron chi connectivity index (χ3n) is 5.86. The van der Waals surface area contributed by atoms with E-state index >= 15 is 0 Å². The first-order valence-electron chi connectivity index (χ1n) is 10.6. The van der Waals surface area contributed by atoms with Gasteiger partial charge in [-0.2, -0.15) is 17.5 Å². The number of hydrogen-bond acceptors (Lipinski definition) is 4. The Morgan fingerprint density at radius 1 is 1.06 bits per heavy atom. The molecule has 6 nitrogen and oxygen atoms in total. The molecule has 1 heterocycles. The normalized spacial score (nSPS) is 16.0. The minimum absolute atomic E-state index is 0.124. The van der Waals surface area contributed by atoms with Crippen molar-refractivity contribution in [3.05, 3.63) is 53.1 Å². The van der Waals surface area contributed by atoms with Gasteiger partial charge in [-0.15, -0.1) is 0 Å². The van der Waals surface area contributed by atoms with Crippen molar-refractivity contribution in [2.75, 3.05) is 37.4 Å². The molecular weight excluding hydrogens is 455 g/mol. The van der Waals surface area contributed by atoms with E-state index in [0.29, 0.717) is 11.3 Å². The highest BCUT2D eigenvalue weighted by molar-refractivity contribution is 7.89. The predicted molar refractivity (Wildman–Crippen MR) is 122 cm³/mol. The number of aryl methyl sites for hydroxylation is 2. The number of benzene rings is 2. The highest BCUT2D eigenvalue weighted by atomic mass is 32.2. The molecule has 1 N–H and O–H groups in total. The summed E-state index contributed by atoms with van der Waals surface area (Å²) >= 11 is 0. The van der Waals surface area contributed by atoms with Gasteiger partial charge in [0.2, 0.25) is 15.9 Å². The van der Waals surface area contributed by atoms with Gasteiger partial charge in [-0.1, -0.05) is 17.7 Å². The summed E-state index contributed by atoms with van der Waals surface area (Å²) in [4.78, 5) is 14.5. The molecule has 1 fully saturated rings. The summed E-state index contributed by atoms with van der Waals surface area (Å²) in [7, 11) is -0.443. The van der Waals surface area contributed by atoms with Gasteiger partial charge >= 0.3 is 6.18 Å². The van der Waals surface area contributed by atoms with Gasteiger partial charge in [0.25, 0.3) is 0 Å². The number of alkyl halides is 3. The Morgan fingerprint density at radius 3 is 2.24 bits per heavy atom. The Kier molecular flexibility index (Phi) is 7.09. The summed E-state index contributed by atoms with van der Waals surface area (Å²) in [6.45, 7) is 3.87. The van der Waals surface area contributed by atoms with Crippen LogP contribution in [0, 0.1) is 19.8 Å². The Bertz CT molecular complexity index is 1140. The number of sulfonamides is 1. The van der Waals surface area contributed by atoms with E-state index in [0.717, 1.165) is 11.6 Å². The fourth-order valence-corrected chi connectivity index (χ4v) is 5.65. The predicted octanol–water partition coefficient (Wildman–Crippen LogP) is 4.43. The van der Waals surface area contributed by atoms with Crippen molar-refractivity contribution in [1.82, 2.24) is 4.31 Å². The summed E-state index contributed by atoms with van der Waals surface area (Å²) in [5, 5.41) is 2.41. The van der Waals surface area contributed by atoms with Crippen molar-refractivity contribution >= 4 is 27.3 Å². The van der Waals surface area contributed by atoms with E-state index in [2.05, 4.69) is 5.32 Å². The largest absolute Gasteiger partial charge is 0.418 e. The summed E-state index contributed by atoms with van der Waals surface area (Å²) in [6, 6.07) is 8.86. The molecule has 1 aliphatic heterocycles. The van der Waals surface area contributed by atoms with Crippen LogP contribution >= 0.6 is 0 Å². The molecule has 0 aromatic heterocycles. The van der Waals surface area contributed by atoms with Crippen LogP contribution < -0.4 is 10.2 Å². The number of carbonyl (C=O) groups excluding carboxylic acids is 1. The van der Waals surface area contributed by atoms with Gasteiger partial charge in [-0.05, 0) is 56.5 Å². The van der Waals surface area contributed by atoms with Gasteiger partial charge in [-0.25, -0.2) is 8.42 Å². The molecule has 2 aromatic rings. The molecule has 1 saturated heterocycles. The molecule has 0 saturated carbocycles. The second kappa shape index (κ2) is 9.34. The van der Waals surface area contributed by atoms with E-state index < -0.39 is 33.6 Å². The van der Waals surface area contributed by atoms with Crippen LogP contribution in [-0.4, -0.2) is 45.8 Å². The molecule has 180 valence electrons. The van der Waals surface area contributed by atoms with Gasteiger partial charge in [0.05, 0.1) is 16.1 Å². The van der Waals surface area contributed by atoms with Crippen LogP contribution in [0.4, 0.5) is 24.5 Å². The summed E-state index contributed by atoms with van der Waals surface area (Å²) < 4.78 is 68.0. The first-order valence-corrected chi connectivity index (χ1v) is 12.0. The summed E-state index contributed by atoms with van der Waals surface area (Å²) in [5.41, 5.74) is 0.750. The molecule has 0 bridgehead atoms. The minimum Gasteiger partial charge on any atom is -0.378 e. The van der Waals surface area contributed by atoms with E-state index in [9.17, 15) is 26.4 Å². The maximum absolute atomic E-state index is 13.5. The highest BCUT2D eigenvalue weighted by Crippen LogP contribution is 2.37. The molecule has 2 aromatic carbocycles. The molecule has 0 atom stereocenters. The lowest BCUT2D eigenvalue weighted by Gasteiger charge is -2.31. The number of hydrogen-bond donors (Lipinski definition) is 1. The maximum Gasteiger partial charge on any atom is 0.418 e. The molecule has 1 aliphatic rings. The highest BCUT2D eigenvalue weighted by Gasteiger charge is 2.36. The van der Waals surface area contributed by atoms with Crippen LogP contribution in [0.3, 0.4) is 0 Å². The van der Waals surface area contributed by atoms with Crippen LogP contribution in [0.15, 0.2) is 41.3 Å². The Morgan fingerprint density at radius 2 is 1.70 bits per heavy atom. The van der Waals surface area contributed by atoms with Crippen LogP contribution in [0.5, 0.6) is 0 Å². The Balaban J connectivity index is 1.71. The number of nitrogens with zero attached hydrogens (tertiary/aromatic N) is 2. The summed E-state index contributed by atoms with van der Waals surface area (Å²) in [6.07, 6.45) is -4.17. The summed E-state index contributed by atoms with van der Waals surface area (Å²) in [5.74, 6) is -1.12. The van der Waals surface area contributed by atoms with Crippen LogP contribution in [0.1, 0.15) is 29.5 Å². The smallest absolute Gasteiger partial charge is 0.378 e. The second-order valence-electron chi connectivity index (χ2n) is 8.56. The van der Waals surface area contributed by atoms with E-state index in [1.807, 2.05) is 6.92 Å². The lowest BCUT2D eigenvalue weighted by molar-refractivity contribution is -0.137. The number of nitrogens with one attached hydrogen (secondary N) is 1. The monoisotopic (exact) mass is 483 g/mol. The lowest BCUT2D eigenvalue weighted by Crippen LogP contribution is -2.41. The topological polar surface area (TPSA) is 69.7 Å². The average molecular weight is 484 g/mol. The minimum atomic E-state index is -4.63. The molecule has 0 aliphatic carbocycles. The number of amides is 1. The first kappa shape index (κ1) is 25.0. The molecule has 0 radical (unpaired) electrons. The van der Waals surface area contributed by atoms with Gasteiger partial charge in [-0.3, -0.25) is 4.79 Å². The van der Waals surface area contributed by atoms with Crippen LogP contribution in [-0.2, 0) is 21.0 Å². The average Bonchev–Trinajstić information content (AvgIpc) is 2.72. The van der Waals surface area contributed by atoms with Crippen LogP contribution in [0.25, 0.3) is 0 Å². The van der Waals surface area contributed by atoms with Crippen molar-refractivity contribution in [2.45, 2.75) is 37.8 Å². The van der Waals surface area contributed by atoms with Crippen molar-refractivity contribution in [3.8, 4) is 0 Å². The lowest BCUT2D eigenvalue weighted by atomic mass is 9.97. The molecular formula is C23H28F3N3O3S. The quantitative estimate of drug-likeness (QED) is 0.683. The number of rotatable bonds is 5. The molecule has 10 heteroatoms. The van der Waals surface area contributed by atoms with Gasteiger partial charge in [0.15, 0.2) is 0 Å². The van der Waals surface area contributed by atoms with Crippen molar-refractivity contribution in [1.29, 1.82) is 0 Å². The molecule has 0 unspecified atom stereocenters. The zero-order chi connectivity index (χ0) is 24.6. The maximum atomic E-state index is 13.5. The Labute approximate surface area is 192 Å². The van der Waals surface area contributed by atoms with E-state index in [-0.39, 0.29) is 36.5 Å².